The molecule has 0 saturated heterocycles. The molecule has 0 saturated carbocycles. The minimum Gasteiger partial charge on any atom is -0.481 e. The number of rotatable bonds is 16. The summed E-state index contributed by atoms with van der Waals surface area (Å²) in [4.78, 5) is 12.2. The van der Waals surface area contributed by atoms with Gasteiger partial charge in [-0.1, -0.05) is 63.3 Å². The number of nitrogens with zero attached hydrogens (tertiary/aromatic N) is 1. The Balaban J connectivity index is 0. The lowest BCUT2D eigenvalue weighted by atomic mass is 10.1. The second-order valence-electron chi connectivity index (χ2n) is 6.90. The smallest absolute Gasteiger partial charge is 0.303 e. The van der Waals surface area contributed by atoms with Gasteiger partial charge in [-0.25, -0.2) is 0 Å². The topological polar surface area (TPSA) is 60.8 Å². The summed E-state index contributed by atoms with van der Waals surface area (Å²) >= 11 is 0. The Morgan fingerprint density at radius 1 is 0.846 bits per heavy atom. The highest BCUT2D eigenvalue weighted by molar-refractivity contribution is 5.66. The largest absolute Gasteiger partial charge is 0.481 e. The van der Waals surface area contributed by atoms with Crippen LogP contribution < -0.4 is 0 Å². The van der Waals surface area contributed by atoms with E-state index in [4.69, 9.17) is 10.2 Å². The predicted molar refractivity (Wildman–Crippen MR) is 113 cm³/mol. The summed E-state index contributed by atoms with van der Waals surface area (Å²) in [6.07, 6.45) is 22.3. The molecular formula is C22H43NO3. The standard InChI is InChI=1S/C18H32O2.C4H11NO/c1-2-3-4-5-6-7-8-9-10-11-12-13-14-15-16-17-18(19)20;1-5(2)3-4-6/h6-7,9-10H,2-5,8,11-17H2,1H3,(H,19,20);6H,3-4H2,1-2H3/b7-6-,10-9-;. The highest BCUT2D eigenvalue weighted by atomic mass is 16.4. The lowest BCUT2D eigenvalue weighted by Gasteiger charge is -2.03. The van der Waals surface area contributed by atoms with Crippen LogP contribution in [-0.4, -0.2) is 48.3 Å². The average molecular weight is 370 g/mol. The number of hydrogen-bond donors (Lipinski definition) is 2. The molecule has 0 heterocycles. The van der Waals surface area contributed by atoms with Gasteiger partial charge in [0, 0.05) is 13.0 Å². The summed E-state index contributed by atoms with van der Waals surface area (Å²) in [6.45, 7) is 3.26. The van der Waals surface area contributed by atoms with Gasteiger partial charge in [0.1, 0.15) is 0 Å². The predicted octanol–water partition coefficient (Wildman–Crippen LogP) is 5.42. The minimum absolute atomic E-state index is 0.257. The second kappa shape index (κ2) is 23.9. The van der Waals surface area contributed by atoms with E-state index in [9.17, 15) is 4.79 Å². The number of carboxylic acid groups (broad SMARTS) is 1. The number of carboxylic acids is 1. The van der Waals surface area contributed by atoms with E-state index in [0.29, 0.717) is 6.42 Å². The molecule has 0 spiro atoms. The van der Waals surface area contributed by atoms with E-state index in [1.165, 1.54) is 44.9 Å². The number of aliphatic hydroxyl groups excluding tert-OH is 1. The first kappa shape index (κ1) is 27.1. The zero-order valence-corrected chi connectivity index (χ0v) is 17.5. The maximum Gasteiger partial charge on any atom is 0.303 e. The number of allylic oxidation sites excluding steroid dienone is 4. The van der Waals surface area contributed by atoms with Crippen molar-refractivity contribution in [1.82, 2.24) is 4.90 Å². The highest BCUT2D eigenvalue weighted by Crippen LogP contribution is 2.08. The molecule has 0 bridgehead atoms. The molecule has 0 aliphatic carbocycles. The molecule has 0 aromatic carbocycles. The molecule has 2 N–H and O–H groups in total. The lowest BCUT2D eigenvalue weighted by Crippen LogP contribution is -2.15. The Bertz CT molecular complexity index is 338. The van der Waals surface area contributed by atoms with Crippen molar-refractivity contribution in [1.29, 1.82) is 0 Å². The van der Waals surface area contributed by atoms with Crippen LogP contribution in [0.5, 0.6) is 0 Å². The van der Waals surface area contributed by atoms with Crippen molar-refractivity contribution in [3.8, 4) is 0 Å². The third-order valence-corrected chi connectivity index (χ3v) is 3.89. The average Bonchev–Trinajstić information content (AvgIpc) is 2.58. The Labute approximate surface area is 162 Å². The highest BCUT2D eigenvalue weighted by Gasteiger charge is 1.95. The lowest BCUT2D eigenvalue weighted by molar-refractivity contribution is -0.137. The summed E-state index contributed by atoms with van der Waals surface area (Å²) < 4.78 is 0. The molecule has 0 aromatic rings. The van der Waals surface area contributed by atoms with Gasteiger partial charge in [0.15, 0.2) is 0 Å². The first-order valence-electron chi connectivity index (χ1n) is 10.3. The van der Waals surface area contributed by atoms with E-state index >= 15 is 0 Å². The molecule has 0 atom stereocenters. The van der Waals surface area contributed by atoms with Crippen molar-refractivity contribution in [3.63, 3.8) is 0 Å². The Morgan fingerprint density at radius 2 is 1.38 bits per heavy atom. The number of likely N-dealkylation sites (N-methyl/N-ethyl adjacent to an activating group) is 1. The summed E-state index contributed by atoms with van der Waals surface area (Å²) in [5, 5.41) is 16.7. The van der Waals surface area contributed by atoms with Crippen molar-refractivity contribution < 1.29 is 15.0 Å². The molecule has 0 rings (SSSR count). The van der Waals surface area contributed by atoms with Crippen LogP contribution in [0.15, 0.2) is 24.3 Å². The normalized spacial score (nSPS) is 11.3. The molecule has 0 aromatic heterocycles. The van der Waals surface area contributed by atoms with Gasteiger partial charge in [0.05, 0.1) is 6.61 Å². The fourth-order valence-corrected chi connectivity index (χ4v) is 2.29. The monoisotopic (exact) mass is 369 g/mol. The van der Waals surface area contributed by atoms with Gasteiger partial charge in [0.25, 0.3) is 0 Å². The SMILES string of the molecule is CCCCC/C=C\C/C=C\CCCCCCCC(=O)O.CN(C)CCO. The van der Waals surface area contributed by atoms with Gasteiger partial charge in [0.2, 0.25) is 0 Å². The Kier molecular flexibility index (Phi) is 24.9. The van der Waals surface area contributed by atoms with Crippen molar-refractivity contribution in [2.24, 2.45) is 0 Å². The van der Waals surface area contributed by atoms with Crippen molar-refractivity contribution >= 4 is 5.97 Å². The Hall–Kier alpha value is -1.13. The molecule has 0 unspecified atom stereocenters. The quantitative estimate of drug-likeness (QED) is 0.281. The molecule has 26 heavy (non-hydrogen) atoms. The molecule has 0 amide bonds. The molecule has 4 heteroatoms. The zero-order chi connectivity index (χ0) is 19.9. The molecule has 4 nitrogen and oxygen atoms in total. The van der Waals surface area contributed by atoms with E-state index < -0.39 is 5.97 Å². The van der Waals surface area contributed by atoms with Crippen molar-refractivity contribution in [2.45, 2.75) is 84.0 Å². The zero-order valence-electron chi connectivity index (χ0n) is 17.5. The summed E-state index contributed by atoms with van der Waals surface area (Å²) in [5.41, 5.74) is 0. The molecule has 0 aliphatic rings. The van der Waals surface area contributed by atoms with Crippen LogP contribution in [0, 0.1) is 0 Å². The van der Waals surface area contributed by atoms with Gasteiger partial charge < -0.3 is 15.1 Å². The maximum atomic E-state index is 10.3. The van der Waals surface area contributed by atoms with Crippen LogP contribution in [0.25, 0.3) is 0 Å². The van der Waals surface area contributed by atoms with Gasteiger partial charge in [-0.2, -0.15) is 0 Å². The van der Waals surface area contributed by atoms with Crippen molar-refractivity contribution in [3.05, 3.63) is 24.3 Å². The third-order valence-electron chi connectivity index (χ3n) is 3.89. The summed E-state index contributed by atoms with van der Waals surface area (Å²) in [7, 11) is 3.85. The molecule has 0 aliphatic heterocycles. The van der Waals surface area contributed by atoms with Gasteiger partial charge in [-0.15, -0.1) is 0 Å². The first-order chi connectivity index (χ1) is 12.5. The van der Waals surface area contributed by atoms with Gasteiger partial charge in [-0.05, 0) is 52.6 Å². The maximum absolute atomic E-state index is 10.3. The molecule has 0 radical (unpaired) electrons. The third kappa shape index (κ3) is 30.7. The second-order valence-corrected chi connectivity index (χ2v) is 6.90. The van der Waals surface area contributed by atoms with E-state index in [-0.39, 0.29) is 6.61 Å². The van der Waals surface area contributed by atoms with Crippen LogP contribution in [0.1, 0.15) is 84.0 Å². The van der Waals surface area contributed by atoms with E-state index in [0.717, 1.165) is 32.2 Å². The van der Waals surface area contributed by atoms with Crippen LogP contribution in [0.2, 0.25) is 0 Å². The van der Waals surface area contributed by atoms with Crippen LogP contribution in [-0.2, 0) is 4.79 Å². The number of hydrogen-bond acceptors (Lipinski definition) is 3. The molecule has 154 valence electrons. The minimum atomic E-state index is -0.671. The fraction of sp³-hybridized carbons (Fsp3) is 0.773. The van der Waals surface area contributed by atoms with Crippen LogP contribution in [0.3, 0.4) is 0 Å². The number of unbranched alkanes of at least 4 members (excludes halogenated alkanes) is 8. The Morgan fingerprint density at radius 3 is 1.85 bits per heavy atom. The molecule has 0 fully saturated rings. The number of aliphatic hydroxyl groups is 1. The number of aliphatic carboxylic acids is 1. The van der Waals surface area contributed by atoms with E-state index in [1.807, 2.05) is 19.0 Å². The summed E-state index contributed by atoms with van der Waals surface area (Å²) in [6, 6.07) is 0. The van der Waals surface area contributed by atoms with Crippen LogP contribution >= 0.6 is 0 Å². The van der Waals surface area contributed by atoms with E-state index in [1.54, 1.807) is 0 Å². The molecular weight excluding hydrogens is 326 g/mol. The fourth-order valence-electron chi connectivity index (χ4n) is 2.29. The van der Waals surface area contributed by atoms with Crippen molar-refractivity contribution in [2.75, 3.05) is 27.2 Å². The van der Waals surface area contributed by atoms with Gasteiger partial charge >= 0.3 is 5.97 Å². The van der Waals surface area contributed by atoms with Gasteiger partial charge in [-0.3, -0.25) is 4.79 Å². The summed E-state index contributed by atoms with van der Waals surface area (Å²) in [5.74, 6) is -0.671. The number of carbonyl (C=O) groups is 1. The first-order valence-corrected chi connectivity index (χ1v) is 10.3. The van der Waals surface area contributed by atoms with Crippen LogP contribution in [0.4, 0.5) is 0 Å². The van der Waals surface area contributed by atoms with E-state index in [2.05, 4.69) is 31.2 Å².